The average Bonchev–Trinajstić information content (AvgIpc) is 2.56. The van der Waals surface area contributed by atoms with Crippen molar-refractivity contribution < 1.29 is 14.4 Å². The predicted molar refractivity (Wildman–Crippen MR) is 90.2 cm³/mol. The molecule has 0 saturated carbocycles. The van der Waals surface area contributed by atoms with Gasteiger partial charge < -0.3 is 0 Å². The summed E-state index contributed by atoms with van der Waals surface area (Å²) in [6.07, 6.45) is 0.170. The molecule has 0 aromatic heterocycles. The van der Waals surface area contributed by atoms with Gasteiger partial charge in [0.2, 0.25) is 5.24 Å². The van der Waals surface area contributed by atoms with Crippen LogP contribution >= 0.6 is 23.2 Å². The first-order chi connectivity index (χ1) is 10.9. The summed E-state index contributed by atoms with van der Waals surface area (Å²) < 4.78 is 0. The Morgan fingerprint density at radius 2 is 1.39 bits per heavy atom. The fourth-order valence-electron chi connectivity index (χ4n) is 2.64. The topological polar surface area (TPSA) is 51.2 Å². The quantitative estimate of drug-likeness (QED) is 0.442. The van der Waals surface area contributed by atoms with Gasteiger partial charge in [-0.25, -0.2) is 0 Å². The lowest BCUT2D eigenvalue weighted by atomic mass is 9.73. The monoisotopic (exact) mass is 348 g/mol. The highest BCUT2D eigenvalue weighted by Crippen LogP contribution is 2.35. The molecule has 118 valence electrons. The first kappa shape index (κ1) is 17.4. The molecule has 2 rings (SSSR count). The number of hydrogen-bond acceptors (Lipinski definition) is 3. The molecule has 1 atom stereocenters. The van der Waals surface area contributed by atoms with E-state index < -0.39 is 21.7 Å². The Balaban J connectivity index is 2.69. The van der Waals surface area contributed by atoms with E-state index in [1.165, 1.54) is 12.1 Å². The Morgan fingerprint density at radius 3 is 1.87 bits per heavy atom. The molecule has 0 amide bonds. The number of rotatable bonds is 6. The van der Waals surface area contributed by atoms with E-state index in [1.54, 1.807) is 49.4 Å². The van der Waals surface area contributed by atoms with E-state index in [1.807, 2.05) is 0 Å². The second-order valence-electron chi connectivity index (χ2n) is 5.05. The van der Waals surface area contributed by atoms with Gasteiger partial charge in [0.05, 0.1) is 0 Å². The third kappa shape index (κ3) is 3.07. The van der Waals surface area contributed by atoms with E-state index >= 15 is 0 Å². The minimum Gasteiger partial charge on any atom is -0.293 e. The van der Waals surface area contributed by atoms with E-state index in [2.05, 4.69) is 0 Å². The third-order valence-electron chi connectivity index (χ3n) is 3.90. The van der Waals surface area contributed by atoms with E-state index in [9.17, 15) is 14.4 Å². The molecule has 1 unspecified atom stereocenters. The van der Waals surface area contributed by atoms with Gasteiger partial charge in [0.15, 0.2) is 5.78 Å². The molecule has 0 aliphatic carbocycles. The van der Waals surface area contributed by atoms with Crippen LogP contribution in [0.3, 0.4) is 0 Å². The van der Waals surface area contributed by atoms with Crippen molar-refractivity contribution in [2.24, 2.45) is 0 Å². The van der Waals surface area contributed by atoms with Crippen LogP contribution in [0.4, 0.5) is 0 Å². The van der Waals surface area contributed by atoms with Crippen LogP contribution in [-0.2, 0) is 10.2 Å². The van der Waals surface area contributed by atoms with E-state index in [-0.39, 0.29) is 17.5 Å². The van der Waals surface area contributed by atoms with Crippen molar-refractivity contribution in [3.05, 3.63) is 71.3 Å². The highest BCUT2D eigenvalue weighted by atomic mass is 35.5. The predicted octanol–water partition coefficient (Wildman–Crippen LogP) is 4.36. The summed E-state index contributed by atoms with van der Waals surface area (Å²) in [5, 5.41) is -1.54. The minimum atomic E-state index is -1.55. The Hall–Kier alpha value is -1.97. The van der Waals surface area contributed by atoms with E-state index in [0.29, 0.717) is 5.56 Å². The van der Waals surface area contributed by atoms with Gasteiger partial charge >= 0.3 is 0 Å². The minimum absolute atomic E-state index is 0.0610. The average molecular weight is 349 g/mol. The fraction of sp³-hybridized carbons (Fsp3) is 0.167. The molecule has 3 nitrogen and oxygen atoms in total. The number of carbonyl (C=O) groups excluding carboxylic acids is 3. The molecule has 0 heterocycles. The maximum absolute atomic E-state index is 13.1. The highest BCUT2D eigenvalue weighted by molar-refractivity contribution is 6.69. The maximum Gasteiger partial charge on any atom is 0.253 e. The number of hydrogen-bond donors (Lipinski definition) is 0. The zero-order valence-electron chi connectivity index (χ0n) is 12.4. The van der Waals surface area contributed by atoms with Crippen molar-refractivity contribution in [1.29, 1.82) is 0 Å². The largest absolute Gasteiger partial charge is 0.293 e. The van der Waals surface area contributed by atoms with Gasteiger partial charge in [-0.2, -0.15) is 0 Å². The first-order valence-electron chi connectivity index (χ1n) is 7.04. The normalized spacial score (nSPS) is 13.2. The van der Waals surface area contributed by atoms with Crippen molar-refractivity contribution in [1.82, 2.24) is 0 Å². The summed E-state index contributed by atoms with van der Waals surface area (Å²) in [5.41, 5.74) is -0.909. The molecule has 0 aliphatic heterocycles. The molecule has 0 fully saturated rings. The fourth-order valence-corrected chi connectivity index (χ4v) is 3.14. The lowest BCUT2D eigenvalue weighted by molar-refractivity contribution is -0.115. The van der Waals surface area contributed by atoms with Crippen LogP contribution in [-0.4, -0.2) is 16.3 Å². The molecule has 0 aliphatic rings. The molecule has 0 radical (unpaired) electrons. The van der Waals surface area contributed by atoms with Crippen LogP contribution in [0.2, 0.25) is 0 Å². The molecule has 23 heavy (non-hydrogen) atoms. The van der Waals surface area contributed by atoms with Crippen molar-refractivity contribution in [3.63, 3.8) is 0 Å². The van der Waals surface area contributed by atoms with Gasteiger partial charge in [0, 0.05) is 11.1 Å². The van der Waals surface area contributed by atoms with Gasteiger partial charge in [-0.1, -0.05) is 55.5 Å². The standard InChI is InChI=1S/C18H14Cl2O3/c1-2-18(17(20)23,12-8-4-3-5-9-12)15(21)13-10-6-7-11-14(13)16(19)22/h3-11H,2H2,1H3. The second kappa shape index (κ2) is 7.07. The molecular formula is C18H14Cl2O3. The van der Waals surface area contributed by atoms with Crippen molar-refractivity contribution >= 4 is 39.5 Å². The van der Waals surface area contributed by atoms with Crippen LogP contribution in [0.15, 0.2) is 54.6 Å². The lowest BCUT2D eigenvalue weighted by Gasteiger charge is -2.28. The molecule has 5 heteroatoms. The lowest BCUT2D eigenvalue weighted by Crippen LogP contribution is -2.41. The van der Waals surface area contributed by atoms with Crippen LogP contribution < -0.4 is 0 Å². The van der Waals surface area contributed by atoms with Crippen LogP contribution in [0.25, 0.3) is 0 Å². The van der Waals surface area contributed by atoms with Gasteiger partial charge in [-0.3, -0.25) is 14.4 Å². The Morgan fingerprint density at radius 1 is 0.870 bits per heavy atom. The Bertz CT molecular complexity index is 756. The summed E-state index contributed by atoms with van der Waals surface area (Å²) >= 11 is 11.4. The maximum atomic E-state index is 13.1. The number of Topliss-reactive ketones (excluding diaryl/α,β-unsaturated/α-hetero) is 1. The van der Waals surface area contributed by atoms with Crippen molar-refractivity contribution in [2.75, 3.05) is 0 Å². The zero-order chi connectivity index (χ0) is 17.0. The van der Waals surface area contributed by atoms with E-state index in [4.69, 9.17) is 23.2 Å². The van der Waals surface area contributed by atoms with Crippen LogP contribution in [0.1, 0.15) is 39.6 Å². The van der Waals surface area contributed by atoms with Gasteiger partial charge in [-0.05, 0) is 41.3 Å². The van der Waals surface area contributed by atoms with E-state index in [0.717, 1.165) is 0 Å². The third-order valence-corrected chi connectivity index (χ3v) is 4.43. The molecule has 0 N–H and O–H groups in total. The van der Waals surface area contributed by atoms with Gasteiger partial charge in [0.25, 0.3) is 5.24 Å². The summed E-state index contributed by atoms with van der Waals surface area (Å²) in [4.78, 5) is 37.0. The summed E-state index contributed by atoms with van der Waals surface area (Å²) in [5.74, 6) is -0.532. The first-order valence-corrected chi connectivity index (χ1v) is 7.79. The van der Waals surface area contributed by atoms with Gasteiger partial charge in [-0.15, -0.1) is 0 Å². The molecule has 2 aromatic rings. The summed E-state index contributed by atoms with van der Waals surface area (Å²) in [7, 11) is 0. The van der Waals surface area contributed by atoms with Gasteiger partial charge in [0.1, 0.15) is 5.41 Å². The number of carbonyl (C=O) groups is 3. The molecule has 0 bridgehead atoms. The Labute approximate surface area is 144 Å². The number of benzene rings is 2. The molecule has 0 spiro atoms. The number of halogens is 2. The number of ketones is 1. The molecular weight excluding hydrogens is 335 g/mol. The van der Waals surface area contributed by atoms with Crippen molar-refractivity contribution in [2.45, 2.75) is 18.8 Å². The van der Waals surface area contributed by atoms with Crippen molar-refractivity contribution in [3.8, 4) is 0 Å². The second-order valence-corrected chi connectivity index (χ2v) is 5.73. The zero-order valence-corrected chi connectivity index (χ0v) is 13.9. The molecule has 2 aromatic carbocycles. The molecule has 0 saturated heterocycles. The van der Waals surface area contributed by atoms with Crippen LogP contribution in [0, 0.1) is 0 Å². The summed E-state index contributed by atoms with van der Waals surface area (Å²) in [6.45, 7) is 1.70. The smallest absolute Gasteiger partial charge is 0.253 e. The summed E-state index contributed by atoms with van der Waals surface area (Å²) in [6, 6.07) is 14.7. The van der Waals surface area contributed by atoms with Crippen LogP contribution in [0.5, 0.6) is 0 Å². The SMILES string of the molecule is CCC(C(=O)Cl)(C(=O)c1ccccc1C(=O)Cl)c1ccccc1. The Kier molecular flexibility index (Phi) is 5.34. The highest BCUT2D eigenvalue weighted by Gasteiger charge is 2.46.